The second-order valence-electron chi connectivity index (χ2n) is 5.81. The summed E-state index contributed by atoms with van der Waals surface area (Å²) in [6.45, 7) is 4.96. The van der Waals surface area contributed by atoms with Gasteiger partial charge >= 0.3 is 0 Å². The quantitative estimate of drug-likeness (QED) is 0.722. The summed E-state index contributed by atoms with van der Waals surface area (Å²) < 4.78 is 0. The molecular weight excluding hydrogens is 234 g/mol. The first-order valence-corrected chi connectivity index (χ1v) is 7.71. The molecule has 0 bridgehead atoms. The highest BCUT2D eigenvalue weighted by Crippen LogP contribution is 2.30. The average Bonchev–Trinajstić information content (AvgIpc) is 2.41. The van der Waals surface area contributed by atoms with Crippen molar-refractivity contribution >= 4 is 0 Å². The van der Waals surface area contributed by atoms with Crippen LogP contribution in [0.3, 0.4) is 0 Å². The van der Waals surface area contributed by atoms with Crippen molar-refractivity contribution < 1.29 is 5.11 Å². The summed E-state index contributed by atoms with van der Waals surface area (Å²) in [7, 11) is 0. The SMILES string of the molecule is CC(c1ccccc1)N(CCCCO)CC1CCC1. The molecule has 19 heavy (non-hydrogen) atoms. The minimum absolute atomic E-state index is 0.316. The van der Waals surface area contributed by atoms with Gasteiger partial charge in [-0.1, -0.05) is 36.8 Å². The summed E-state index contributed by atoms with van der Waals surface area (Å²) in [5.41, 5.74) is 1.41. The zero-order valence-corrected chi connectivity index (χ0v) is 12.1. The van der Waals surface area contributed by atoms with Crippen molar-refractivity contribution in [3.05, 3.63) is 35.9 Å². The van der Waals surface area contributed by atoms with E-state index < -0.39 is 0 Å². The zero-order chi connectivity index (χ0) is 13.5. The van der Waals surface area contributed by atoms with Gasteiger partial charge in [0.2, 0.25) is 0 Å². The van der Waals surface area contributed by atoms with Crippen LogP contribution in [0, 0.1) is 5.92 Å². The van der Waals surface area contributed by atoms with Gasteiger partial charge in [0.15, 0.2) is 0 Å². The summed E-state index contributed by atoms with van der Waals surface area (Å²) in [5, 5.41) is 8.96. The third-order valence-electron chi connectivity index (χ3n) is 4.40. The summed E-state index contributed by atoms with van der Waals surface area (Å²) in [4.78, 5) is 2.61. The Kier molecular flexibility index (Phi) is 5.87. The van der Waals surface area contributed by atoms with E-state index in [4.69, 9.17) is 5.11 Å². The molecule has 1 saturated carbocycles. The predicted molar refractivity (Wildman–Crippen MR) is 80.1 cm³/mol. The highest BCUT2D eigenvalue weighted by molar-refractivity contribution is 5.18. The van der Waals surface area contributed by atoms with Gasteiger partial charge in [-0.05, 0) is 50.6 Å². The van der Waals surface area contributed by atoms with Gasteiger partial charge in [-0.3, -0.25) is 4.90 Å². The summed E-state index contributed by atoms with van der Waals surface area (Å²) >= 11 is 0. The molecule has 0 amide bonds. The molecule has 1 aromatic carbocycles. The van der Waals surface area contributed by atoms with E-state index in [2.05, 4.69) is 42.2 Å². The van der Waals surface area contributed by atoms with Crippen LogP contribution in [0.2, 0.25) is 0 Å². The maximum atomic E-state index is 8.96. The Labute approximate surface area is 117 Å². The van der Waals surface area contributed by atoms with Crippen LogP contribution in [0.1, 0.15) is 50.6 Å². The number of hydrogen-bond acceptors (Lipinski definition) is 2. The van der Waals surface area contributed by atoms with Gasteiger partial charge in [-0.2, -0.15) is 0 Å². The number of nitrogens with zero attached hydrogens (tertiary/aromatic N) is 1. The van der Waals surface area contributed by atoms with E-state index in [9.17, 15) is 0 Å². The van der Waals surface area contributed by atoms with Crippen LogP contribution in [0.5, 0.6) is 0 Å². The molecule has 1 N–H and O–H groups in total. The van der Waals surface area contributed by atoms with Crippen LogP contribution in [-0.2, 0) is 0 Å². The molecule has 0 aliphatic heterocycles. The van der Waals surface area contributed by atoms with E-state index in [-0.39, 0.29) is 0 Å². The van der Waals surface area contributed by atoms with Crippen molar-refractivity contribution in [2.24, 2.45) is 5.92 Å². The smallest absolute Gasteiger partial charge is 0.0431 e. The Morgan fingerprint density at radius 1 is 1.21 bits per heavy atom. The zero-order valence-electron chi connectivity index (χ0n) is 12.1. The molecule has 2 nitrogen and oxygen atoms in total. The molecule has 106 valence electrons. The average molecular weight is 261 g/mol. The molecule has 2 heteroatoms. The molecule has 1 unspecified atom stereocenters. The molecule has 2 rings (SSSR count). The third kappa shape index (κ3) is 4.32. The van der Waals surface area contributed by atoms with E-state index >= 15 is 0 Å². The molecule has 1 aliphatic rings. The molecule has 0 aromatic heterocycles. The summed E-state index contributed by atoms with van der Waals surface area (Å²) in [6.07, 6.45) is 6.23. The number of aliphatic hydroxyl groups excluding tert-OH is 1. The van der Waals surface area contributed by atoms with Crippen LogP contribution >= 0.6 is 0 Å². The lowest BCUT2D eigenvalue weighted by atomic mass is 9.84. The second-order valence-corrected chi connectivity index (χ2v) is 5.81. The molecule has 1 aliphatic carbocycles. The third-order valence-corrected chi connectivity index (χ3v) is 4.40. The van der Waals surface area contributed by atoms with E-state index in [1.54, 1.807) is 0 Å². The van der Waals surface area contributed by atoms with Gasteiger partial charge in [0, 0.05) is 19.2 Å². The van der Waals surface area contributed by atoms with Crippen molar-refractivity contribution in [1.82, 2.24) is 4.90 Å². The van der Waals surface area contributed by atoms with Gasteiger partial charge in [-0.25, -0.2) is 0 Å². The summed E-state index contributed by atoms with van der Waals surface area (Å²) in [5.74, 6) is 0.903. The number of hydrogen-bond donors (Lipinski definition) is 1. The topological polar surface area (TPSA) is 23.5 Å². The molecular formula is C17H27NO. The molecule has 0 spiro atoms. The van der Waals surface area contributed by atoms with E-state index in [1.165, 1.54) is 31.4 Å². The normalized spacial score (nSPS) is 17.4. The Morgan fingerprint density at radius 2 is 1.95 bits per heavy atom. The molecule has 1 fully saturated rings. The predicted octanol–water partition coefficient (Wildman–Crippen LogP) is 3.62. The van der Waals surface area contributed by atoms with Crippen LogP contribution < -0.4 is 0 Å². The fraction of sp³-hybridized carbons (Fsp3) is 0.647. The minimum Gasteiger partial charge on any atom is -0.396 e. The number of aliphatic hydroxyl groups is 1. The van der Waals surface area contributed by atoms with Crippen molar-refractivity contribution in [3.63, 3.8) is 0 Å². The lowest BCUT2D eigenvalue weighted by Crippen LogP contribution is -2.35. The molecule has 0 radical (unpaired) electrons. The first kappa shape index (κ1) is 14.5. The van der Waals surface area contributed by atoms with Crippen molar-refractivity contribution in [1.29, 1.82) is 0 Å². The Bertz CT molecular complexity index is 348. The number of benzene rings is 1. The second kappa shape index (κ2) is 7.66. The standard InChI is InChI=1S/C17H27NO/c1-15(17-10-3-2-4-11-17)18(12-5-6-13-19)14-16-8-7-9-16/h2-4,10-11,15-16,19H,5-9,12-14H2,1H3. The molecule has 0 heterocycles. The Hall–Kier alpha value is -0.860. The van der Waals surface area contributed by atoms with Gasteiger partial charge < -0.3 is 5.11 Å². The van der Waals surface area contributed by atoms with E-state index in [1.807, 2.05) is 0 Å². The Morgan fingerprint density at radius 3 is 2.53 bits per heavy atom. The first-order chi connectivity index (χ1) is 9.31. The fourth-order valence-electron chi connectivity index (χ4n) is 2.82. The number of rotatable bonds is 8. The lowest BCUT2D eigenvalue weighted by molar-refractivity contribution is 0.134. The van der Waals surface area contributed by atoms with Gasteiger partial charge in [0.1, 0.15) is 0 Å². The van der Waals surface area contributed by atoms with Crippen molar-refractivity contribution in [2.45, 2.75) is 45.1 Å². The lowest BCUT2D eigenvalue weighted by Gasteiger charge is -2.36. The molecule has 1 aromatic rings. The summed E-state index contributed by atoms with van der Waals surface area (Å²) in [6, 6.07) is 11.3. The minimum atomic E-state index is 0.316. The van der Waals surface area contributed by atoms with Gasteiger partial charge in [0.05, 0.1) is 0 Å². The maximum absolute atomic E-state index is 8.96. The van der Waals surface area contributed by atoms with E-state index in [0.29, 0.717) is 12.6 Å². The maximum Gasteiger partial charge on any atom is 0.0431 e. The number of unbranched alkanes of at least 4 members (excludes halogenated alkanes) is 1. The van der Waals surface area contributed by atoms with Crippen LogP contribution in [0.4, 0.5) is 0 Å². The van der Waals surface area contributed by atoms with Crippen molar-refractivity contribution in [3.8, 4) is 0 Å². The molecule has 0 saturated heterocycles. The van der Waals surface area contributed by atoms with Gasteiger partial charge in [-0.15, -0.1) is 0 Å². The molecule has 1 atom stereocenters. The van der Waals surface area contributed by atoms with Crippen LogP contribution in [0.25, 0.3) is 0 Å². The fourth-order valence-corrected chi connectivity index (χ4v) is 2.82. The van der Waals surface area contributed by atoms with Crippen LogP contribution in [0.15, 0.2) is 30.3 Å². The van der Waals surface area contributed by atoms with E-state index in [0.717, 1.165) is 25.3 Å². The van der Waals surface area contributed by atoms with Crippen LogP contribution in [-0.4, -0.2) is 29.7 Å². The highest BCUT2D eigenvalue weighted by atomic mass is 16.2. The first-order valence-electron chi connectivity index (χ1n) is 7.71. The largest absolute Gasteiger partial charge is 0.396 e. The van der Waals surface area contributed by atoms with Crippen molar-refractivity contribution in [2.75, 3.05) is 19.7 Å². The highest BCUT2D eigenvalue weighted by Gasteiger charge is 2.23. The van der Waals surface area contributed by atoms with Gasteiger partial charge in [0.25, 0.3) is 0 Å². The monoisotopic (exact) mass is 261 g/mol. The Balaban J connectivity index is 1.93.